The summed E-state index contributed by atoms with van der Waals surface area (Å²) in [4.78, 5) is 1.18. The van der Waals surface area contributed by atoms with Crippen molar-refractivity contribution in [2.45, 2.75) is 19.4 Å². The van der Waals surface area contributed by atoms with Crippen LogP contribution in [0.25, 0.3) is 9.88 Å². The molecule has 1 atom stereocenters. The second kappa shape index (κ2) is 6.93. The van der Waals surface area contributed by atoms with E-state index < -0.39 is 0 Å². The van der Waals surface area contributed by atoms with Crippen LogP contribution in [0.3, 0.4) is 0 Å². The van der Waals surface area contributed by atoms with Gasteiger partial charge < -0.3 is 5.32 Å². The number of hydrogen-bond donors (Lipinski definition) is 1. The van der Waals surface area contributed by atoms with Crippen LogP contribution in [-0.4, -0.2) is 16.7 Å². The lowest BCUT2D eigenvalue weighted by Crippen LogP contribution is -2.23. The fourth-order valence-electron chi connectivity index (χ4n) is 2.13. The van der Waals surface area contributed by atoms with Gasteiger partial charge in [0.2, 0.25) is 0 Å². The molecule has 21 heavy (non-hydrogen) atoms. The summed E-state index contributed by atoms with van der Waals surface area (Å²) in [6, 6.07) is 14.7. The molecule has 1 N–H and O–H groups in total. The molecule has 0 aliphatic carbocycles. The normalized spacial score (nSPS) is 12.4. The van der Waals surface area contributed by atoms with Gasteiger partial charge in [-0.2, -0.15) is 0 Å². The summed E-state index contributed by atoms with van der Waals surface area (Å²) < 4.78 is 0. The van der Waals surface area contributed by atoms with Gasteiger partial charge in [0.1, 0.15) is 5.01 Å². The molecule has 0 amide bonds. The van der Waals surface area contributed by atoms with Crippen molar-refractivity contribution in [3.63, 3.8) is 0 Å². The molecule has 5 heteroatoms. The summed E-state index contributed by atoms with van der Waals surface area (Å²) in [5, 5.41) is 16.4. The van der Waals surface area contributed by atoms with Gasteiger partial charge in [0.25, 0.3) is 0 Å². The SMILES string of the molecule is CCCNC(c1ccccc1)c1nnc(-c2cccs2)s1. The van der Waals surface area contributed by atoms with E-state index in [0.29, 0.717) is 0 Å². The Kier molecular flexibility index (Phi) is 4.75. The van der Waals surface area contributed by atoms with Crippen molar-refractivity contribution in [3.8, 4) is 9.88 Å². The zero-order valence-corrected chi connectivity index (χ0v) is 13.5. The predicted molar refractivity (Wildman–Crippen MR) is 89.8 cm³/mol. The zero-order chi connectivity index (χ0) is 14.5. The molecule has 0 saturated heterocycles. The van der Waals surface area contributed by atoms with Crippen molar-refractivity contribution in [1.82, 2.24) is 15.5 Å². The Balaban J connectivity index is 1.90. The summed E-state index contributed by atoms with van der Waals surface area (Å²) in [5.41, 5.74) is 1.24. The average Bonchev–Trinajstić information content (AvgIpc) is 3.20. The summed E-state index contributed by atoms with van der Waals surface area (Å²) in [7, 11) is 0. The van der Waals surface area contributed by atoms with E-state index in [1.807, 2.05) is 12.1 Å². The molecule has 1 unspecified atom stereocenters. The molecule has 0 bridgehead atoms. The van der Waals surface area contributed by atoms with Crippen LogP contribution in [0.15, 0.2) is 47.8 Å². The van der Waals surface area contributed by atoms with Crippen LogP contribution in [0, 0.1) is 0 Å². The number of thiophene rings is 1. The molecule has 3 nitrogen and oxygen atoms in total. The Bertz CT molecular complexity index is 662. The van der Waals surface area contributed by atoms with Crippen molar-refractivity contribution >= 4 is 22.7 Å². The summed E-state index contributed by atoms with van der Waals surface area (Å²) in [6.45, 7) is 3.14. The third-order valence-corrected chi connectivity index (χ3v) is 5.18. The Morgan fingerprint density at radius 2 is 1.95 bits per heavy atom. The molecule has 108 valence electrons. The van der Waals surface area contributed by atoms with E-state index in [9.17, 15) is 0 Å². The third kappa shape index (κ3) is 3.37. The highest BCUT2D eigenvalue weighted by Gasteiger charge is 2.18. The van der Waals surface area contributed by atoms with E-state index >= 15 is 0 Å². The number of benzene rings is 1. The van der Waals surface area contributed by atoms with E-state index in [1.165, 1.54) is 10.4 Å². The topological polar surface area (TPSA) is 37.8 Å². The van der Waals surface area contributed by atoms with E-state index in [0.717, 1.165) is 23.0 Å². The van der Waals surface area contributed by atoms with Gasteiger partial charge in [0, 0.05) is 0 Å². The monoisotopic (exact) mass is 315 g/mol. The molecule has 0 fully saturated rings. The predicted octanol–water partition coefficient (Wildman–Crippen LogP) is 4.36. The van der Waals surface area contributed by atoms with Crippen molar-refractivity contribution in [2.75, 3.05) is 6.54 Å². The maximum atomic E-state index is 4.41. The molecule has 0 aliphatic heterocycles. The van der Waals surface area contributed by atoms with Crippen LogP contribution in [0.2, 0.25) is 0 Å². The first-order chi connectivity index (χ1) is 10.4. The van der Waals surface area contributed by atoms with Crippen molar-refractivity contribution in [3.05, 3.63) is 58.4 Å². The molecular weight excluding hydrogens is 298 g/mol. The number of nitrogens with one attached hydrogen (secondary N) is 1. The molecule has 0 spiro atoms. The van der Waals surface area contributed by atoms with Crippen molar-refractivity contribution < 1.29 is 0 Å². The first-order valence-corrected chi connectivity index (χ1v) is 8.73. The quantitative estimate of drug-likeness (QED) is 0.734. The van der Waals surface area contributed by atoms with Gasteiger partial charge in [0.05, 0.1) is 10.9 Å². The molecule has 3 rings (SSSR count). The summed E-state index contributed by atoms with van der Waals surface area (Å²) >= 11 is 3.37. The average molecular weight is 315 g/mol. The fourth-order valence-corrected chi connectivity index (χ4v) is 3.87. The lowest BCUT2D eigenvalue weighted by Gasteiger charge is -2.15. The van der Waals surface area contributed by atoms with Gasteiger partial charge in [-0.05, 0) is 30.0 Å². The largest absolute Gasteiger partial charge is 0.304 e. The lowest BCUT2D eigenvalue weighted by molar-refractivity contribution is 0.592. The Labute approximate surface area is 132 Å². The number of rotatable bonds is 6. The van der Waals surface area contributed by atoms with E-state index in [4.69, 9.17) is 0 Å². The van der Waals surface area contributed by atoms with Gasteiger partial charge in [-0.25, -0.2) is 0 Å². The molecular formula is C16H17N3S2. The van der Waals surface area contributed by atoms with Crippen LogP contribution < -0.4 is 5.32 Å². The minimum Gasteiger partial charge on any atom is -0.304 e. The second-order valence-corrected chi connectivity index (χ2v) is 6.68. The number of nitrogens with zero attached hydrogens (tertiary/aromatic N) is 2. The molecule has 3 aromatic rings. The Morgan fingerprint density at radius 1 is 1.10 bits per heavy atom. The zero-order valence-electron chi connectivity index (χ0n) is 11.8. The summed E-state index contributed by atoms with van der Waals surface area (Å²) in [6.07, 6.45) is 1.10. The molecule has 2 heterocycles. The van der Waals surface area contributed by atoms with E-state index in [2.05, 4.69) is 58.1 Å². The molecule has 1 aromatic carbocycles. The highest BCUT2D eigenvalue weighted by atomic mass is 32.1. The van der Waals surface area contributed by atoms with Gasteiger partial charge >= 0.3 is 0 Å². The van der Waals surface area contributed by atoms with Crippen LogP contribution in [0.1, 0.15) is 30.0 Å². The maximum Gasteiger partial charge on any atom is 0.157 e. The van der Waals surface area contributed by atoms with Gasteiger partial charge in [0.15, 0.2) is 5.01 Å². The Hall–Kier alpha value is -1.56. The first-order valence-electron chi connectivity index (χ1n) is 7.04. The number of hydrogen-bond acceptors (Lipinski definition) is 5. The highest BCUT2D eigenvalue weighted by molar-refractivity contribution is 7.20. The standard InChI is InChI=1S/C16H17N3S2/c1-2-10-17-14(12-7-4-3-5-8-12)16-19-18-15(21-16)13-9-6-11-20-13/h3-9,11,14,17H,2,10H2,1H3. The van der Waals surface area contributed by atoms with Gasteiger partial charge in [-0.1, -0.05) is 54.7 Å². The third-order valence-electron chi connectivity index (χ3n) is 3.15. The molecule has 0 aliphatic rings. The molecule has 0 radical (unpaired) electrons. The number of aromatic nitrogens is 2. The smallest absolute Gasteiger partial charge is 0.157 e. The first kappa shape index (κ1) is 14.4. The highest BCUT2D eigenvalue weighted by Crippen LogP contribution is 2.32. The maximum absolute atomic E-state index is 4.41. The van der Waals surface area contributed by atoms with E-state index in [1.54, 1.807) is 22.7 Å². The summed E-state index contributed by atoms with van der Waals surface area (Å²) in [5.74, 6) is 0. The van der Waals surface area contributed by atoms with Crippen LogP contribution in [-0.2, 0) is 0 Å². The Morgan fingerprint density at radius 3 is 2.67 bits per heavy atom. The van der Waals surface area contributed by atoms with E-state index in [-0.39, 0.29) is 6.04 Å². The second-order valence-electron chi connectivity index (χ2n) is 4.72. The molecule has 2 aromatic heterocycles. The minimum absolute atomic E-state index is 0.123. The van der Waals surface area contributed by atoms with Crippen LogP contribution in [0.5, 0.6) is 0 Å². The van der Waals surface area contributed by atoms with Gasteiger partial charge in [-0.15, -0.1) is 21.5 Å². The minimum atomic E-state index is 0.123. The van der Waals surface area contributed by atoms with Gasteiger partial charge in [-0.3, -0.25) is 0 Å². The fraction of sp³-hybridized carbons (Fsp3) is 0.250. The van der Waals surface area contributed by atoms with Crippen LogP contribution in [0.4, 0.5) is 0 Å². The lowest BCUT2D eigenvalue weighted by atomic mass is 10.1. The van der Waals surface area contributed by atoms with Crippen LogP contribution >= 0.6 is 22.7 Å². The van der Waals surface area contributed by atoms with Crippen molar-refractivity contribution in [2.24, 2.45) is 0 Å². The molecule has 0 saturated carbocycles. The van der Waals surface area contributed by atoms with Crippen molar-refractivity contribution in [1.29, 1.82) is 0 Å².